The predicted molar refractivity (Wildman–Crippen MR) is 231 cm³/mol. The first-order chi connectivity index (χ1) is 27.5. The summed E-state index contributed by atoms with van der Waals surface area (Å²) in [7, 11) is 0. The molecule has 3 aromatic heterocycles. The van der Waals surface area contributed by atoms with E-state index in [1.165, 1.54) is 54.9 Å². The third-order valence-corrected chi connectivity index (χ3v) is 11.7. The van der Waals surface area contributed by atoms with E-state index < -0.39 is 0 Å². The summed E-state index contributed by atoms with van der Waals surface area (Å²) in [6.07, 6.45) is 3.83. The molecule has 0 saturated heterocycles. The quantitative estimate of drug-likeness (QED) is 0.167. The zero-order valence-electron chi connectivity index (χ0n) is 31.1. The molecule has 10 aromatic rings. The molecule has 0 fully saturated rings. The highest BCUT2D eigenvalue weighted by Gasteiger charge is 2.36. The van der Waals surface area contributed by atoms with Crippen molar-refractivity contribution in [1.82, 2.24) is 19.5 Å². The van der Waals surface area contributed by atoms with Gasteiger partial charge in [0.1, 0.15) is 5.82 Å². The molecule has 3 heterocycles. The van der Waals surface area contributed by atoms with E-state index in [4.69, 9.17) is 9.97 Å². The monoisotopic (exact) mass is 716 g/mol. The molecule has 0 amide bonds. The van der Waals surface area contributed by atoms with Crippen LogP contribution in [-0.4, -0.2) is 19.5 Å². The topological polar surface area (TPSA) is 43.6 Å². The highest BCUT2D eigenvalue weighted by Crippen LogP contribution is 2.53. The largest absolute Gasteiger partial charge is 0.292 e. The maximum atomic E-state index is 5.24. The van der Waals surface area contributed by atoms with Crippen LogP contribution in [0.1, 0.15) is 25.0 Å². The summed E-state index contributed by atoms with van der Waals surface area (Å²) in [5.41, 5.74) is 15.7. The van der Waals surface area contributed by atoms with E-state index in [1.54, 1.807) is 0 Å². The van der Waals surface area contributed by atoms with E-state index in [2.05, 4.69) is 175 Å². The van der Waals surface area contributed by atoms with Crippen molar-refractivity contribution >= 4 is 32.6 Å². The Bertz CT molecular complexity index is 3140. The van der Waals surface area contributed by atoms with Gasteiger partial charge in [-0.15, -0.1) is 0 Å². The predicted octanol–water partition coefficient (Wildman–Crippen LogP) is 13.1. The van der Waals surface area contributed by atoms with Crippen LogP contribution < -0.4 is 0 Å². The second-order valence-corrected chi connectivity index (χ2v) is 15.2. The number of hydrogen-bond acceptors (Lipinski definition) is 3. The minimum absolute atomic E-state index is 0.155. The molecule has 0 unspecified atom stereocenters. The molecule has 0 aliphatic heterocycles. The van der Waals surface area contributed by atoms with Crippen molar-refractivity contribution in [3.8, 4) is 61.8 Å². The van der Waals surface area contributed by atoms with E-state index >= 15 is 0 Å². The van der Waals surface area contributed by atoms with Gasteiger partial charge < -0.3 is 0 Å². The van der Waals surface area contributed by atoms with Crippen molar-refractivity contribution in [3.63, 3.8) is 0 Å². The van der Waals surface area contributed by atoms with Gasteiger partial charge in [-0.05, 0) is 121 Å². The van der Waals surface area contributed by atoms with E-state index in [-0.39, 0.29) is 5.41 Å². The number of hydrogen-bond donors (Lipinski definition) is 0. The zero-order valence-corrected chi connectivity index (χ0v) is 31.1. The Morgan fingerprint density at radius 2 is 1.16 bits per heavy atom. The Kier molecular flexibility index (Phi) is 7.17. The molecule has 0 spiro atoms. The number of benzene rings is 7. The molecule has 0 atom stereocenters. The summed E-state index contributed by atoms with van der Waals surface area (Å²) in [5, 5.41) is 4.82. The lowest BCUT2D eigenvalue weighted by atomic mass is 9.79. The third-order valence-electron chi connectivity index (χ3n) is 11.7. The van der Waals surface area contributed by atoms with Crippen LogP contribution in [0.3, 0.4) is 0 Å². The Morgan fingerprint density at radius 3 is 1.96 bits per heavy atom. The molecule has 0 radical (unpaired) electrons. The summed E-state index contributed by atoms with van der Waals surface area (Å²) >= 11 is 0. The van der Waals surface area contributed by atoms with E-state index in [1.807, 2.05) is 30.6 Å². The van der Waals surface area contributed by atoms with E-state index in [0.29, 0.717) is 0 Å². The normalized spacial score (nSPS) is 13.0. The average Bonchev–Trinajstić information content (AvgIpc) is 3.75. The van der Waals surface area contributed by atoms with Gasteiger partial charge >= 0.3 is 0 Å². The Labute approximate surface area is 325 Å². The fourth-order valence-electron chi connectivity index (χ4n) is 9.07. The summed E-state index contributed by atoms with van der Waals surface area (Å²) in [6.45, 7) is 4.72. The molecule has 0 N–H and O–H groups in total. The minimum atomic E-state index is -0.155. The number of imidazole rings is 1. The van der Waals surface area contributed by atoms with Crippen molar-refractivity contribution in [2.45, 2.75) is 19.3 Å². The first-order valence-corrected chi connectivity index (χ1v) is 19.2. The third kappa shape index (κ3) is 4.89. The summed E-state index contributed by atoms with van der Waals surface area (Å²) in [4.78, 5) is 14.8. The molecular weight excluding hydrogens is 681 g/mol. The lowest BCUT2D eigenvalue weighted by Crippen LogP contribution is -2.14. The lowest BCUT2D eigenvalue weighted by Gasteiger charge is -2.24. The maximum Gasteiger partial charge on any atom is 0.145 e. The molecule has 7 aromatic carbocycles. The zero-order chi connectivity index (χ0) is 37.4. The van der Waals surface area contributed by atoms with Crippen molar-refractivity contribution < 1.29 is 0 Å². The fraction of sp³-hybridized carbons (Fsp3) is 0.0577. The standard InChI is InChI=1S/C52H36N4/c1-52(2)43-22-9-8-19-37(43)40-30-41-42(31-44(40)52)49(38-20-6-7-21-39(38)50(41)35-26-27-46(54-32-35)45-23-12-13-28-53-45)33-15-14-16-34(29-33)51-55-47-24-10-11-25-48(47)56(51)36-17-4-3-5-18-36/h3-32H,1-2H3. The van der Waals surface area contributed by atoms with Crippen molar-refractivity contribution in [2.75, 3.05) is 0 Å². The highest BCUT2D eigenvalue weighted by atomic mass is 15.1. The second-order valence-electron chi connectivity index (χ2n) is 15.2. The van der Waals surface area contributed by atoms with Crippen molar-refractivity contribution in [2.24, 2.45) is 0 Å². The van der Waals surface area contributed by atoms with Gasteiger partial charge in [0.25, 0.3) is 0 Å². The number of para-hydroxylation sites is 3. The van der Waals surface area contributed by atoms with Crippen LogP contribution in [0.2, 0.25) is 0 Å². The van der Waals surface area contributed by atoms with Crippen LogP contribution in [0.5, 0.6) is 0 Å². The van der Waals surface area contributed by atoms with Gasteiger partial charge in [-0.3, -0.25) is 14.5 Å². The number of fused-ring (bicyclic) bond motifs is 6. The molecule has 11 rings (SSSR count). The number of nitrogens with zero attached hydrogens (tertiary/aromatic N) is 4. The Morgan fingerprint density at radius 1 is 0.464 bits per heavy atom. The molecule has 0 saturated carbocycles. The molecule has 264 valence electrons. The SMILES string of the molecule is CC1(C)c2ccccc2-c2cc3c(-c4ccc(-c5ccccn5)nc4)c4ccccc4c(-c4cccc(-c5nc6ccccc6n5-c5ccccc5)c4)c3cc21. The van der Waals surface area contributed by atoms with Gasteiger partial charge in [0.2, 0.25) is 0 Å². The van der Waals surface area contributed by atoms with Crippen LogP contribution >= 0.6 is 0 Å². The summed E-state index contributed by atoms with van der Waals surface area (Å²) in [6, 6.07) is 60.9. The molecule has 1 aliphatic carbocycles. The van der Waals surface area contributed by atoms with Gasteiger partial charge in [0.15, 0.2) is 0 Å². The van der Waals surface area contributed by atoms with Gasteiger partial charge in [-0.1, -0.05) is 123 Å². The number of aromatic nitrogens is 4. The molecule has 0 bridgehead atoms. The van der Waals surface area contributed by atoms with Crippen LogP contribution in [0, 0.1) is 0 Å². The molecule has 4 nitrogen and oxygen atoms in total. The summed E-state index contributed by atoms with van der Waals surface area (Å²) in [5.74, 6) is 0.918. The van der Waals surface area contributed by atoms with Crippen LogP contribution in [-0.2, 0) is 5.41 Å². The molecule has 4 heteroatoms. The maximum absolute atomic E-state index is 5.24. The van der Waals surface area contributed by atoms with Crippen molar-refractivity contribution in [3.05, 3.63) is 193 Å². The summed E-state index contributed by atoms with van der Waals surface area (Å²) < 4.78 is 2.28. The fourth-order valence-corrected chi connectivity index (χ4v) is 9.07. The first kappa shape index (κ1) is 32.3. The van der Waals surface area contributed by atoms with E-state index in [0.717, 1.165) is 50.6 Å². The number of rotatable bonds is 5. The Balaban J connectivity index is 1.20. The average molecular weight is 717 g/mol. The molecule has 56 heavy (non-hydrogen) atoms. The van der Waals surface area contributed by atoms with Crippen molar-refractivity contribution in [1.29, 1.82) is 0 Å². The molecular formula is C52H36N4. The van der Waals surface area contributed by atoms with Gasteiger partial charge in [-0.2, -0.15) is 0 Å². The van der Waals surface area contributed by atoms with E-state index in [9.17, 15) is 0 Å². The van der Waals surface area contributed by atoms with Crippen LogP contribution in [0.25, 0.3) is 94.4 Å². The van der Waals surface area contributed by atoms with Crippen LogP contribution in [0.4, 0.5) is 0 Å². The smallest absolute Gasteiger partial charge is 0.145 e. The number of pyridine rings is 2. The Hall–Kier alpha value is -7.17. The van der Waals surface area contributed by atoms with Crippen LogP contribution in [0.15, 0.2) is 182 Å². The highest BCUT2D eigenvalue weighted by molar-refractivity contribution is 6.22. The minimum Gasteiger partial charge on any atom is -0.292 e. The second kappa shape index (κ2) is 12.4. The lowest BCUT2D eigenvalue weighted by molar-refractivity contribution is 0.661. The van der Waals surface area contributed by atoms with Gasteiger partial charge in [0, 0.05) is 34.6 Å². The molecule has 1 aliphatic rings. The van der Waals surface area contributed by atoms with Gasteiger partial charge in [0.05, 0.1) is 22.4 Å². The first-order valence-electron chi connectivity index (χ1n) is 19.2. The van der Waals surface area contributed by atoms with Gasteiger partial charge in [-0.25, -0.2) is 4.98 Å².